The van der Waals surface area contributed by atoms with Crippen LogP contribution < -0.4 is 0 Å². The topological polar surface area (TPSA) is 34.1 Å². The van der Waals surface area contributed by atoms with Gasteiger partial charge in [0.1, 0.15) is 0 Å². The van der Waals surface area contributed by atoms with Crippen LogP contribution in [-0.2, 0) is 0 Å². The van der Waals surface area contributed by atoms with Crippen LogP contribution in [0.25, 0.3) is 36.7 Å². The SMILES string of the molecule is O=C1C(=Cc2cc3sc(-c4c(F)c(F)c(F)c(F)c4F)cc3s2)C(=O)c2cc3ccccc3cc21. The highest BCUT2D eigenvalue weighted by Crippen LogP contribution is 2.42. The number of hydrogen-bond donors (Lipinski definition) is 0. The molecule has 2 heterocycles. The lowest BCUT2D eigenvalue weighted by Crippen LogP contribution is -2.03. The van der Waals surface area contributed by atoms with Crippen molar-refractivity contribution in [3.8, 4) is 10.4 Å². The Morgan fingerprint density at radius 2 is 1.14 bits per heavy atom. The molecule has 9 heteroatoms. The van der Waals surface area contributed by atoms with Crippen molar-refractivity contribution in [2.75, 3.05) is 0 Å². The van der Waals surface area contributed by atoms with Crippen molar-refractivity contribution in [2.45, 2.75) is 0 Å². The third kappa shape index (κ3) is 3.19. The van der Waals surface area contributed by atoms with Crippen molar-refractivity contribution in [1.82, 2.24) is 0 Å². The van der Waals surface area contributed by atoms with Crippen molar-refractivity contribution < 1.29 is 31.5 Å². The minimum atomic E-state index is -2.21. The van der Waals surface area contributed by atoms with Gasteiger partial charge in [-0.3, -0.25) is 9.59 Å². The minimum absolute atomic E-state index is 0.00389. The number of benzene rings is 3. The Morgan fingerprint density at radius 3 is 1.69 bits per heavy atom. The zero-order valence-corrected chi connectivity index (χ0v) is 18.9. The molecule has 5 aromatic rings. The number of ketones is 2. The summed E-state index contributed by atoms with van der Waals surface area (Å²) < 4.78 is 70.0. The van der Waals surface area contributed by atoms with E-state index in [4.69, 9.17) is 0 Å². The van der Waals surface area contributed by atoms with Crippen LogP contribution in [0.4, 0.5) is 22.0 Å². The molecule has 2 nitrogen and oxygen atoms in total. The number of fused-ring (bicyclic) bond motifs is 3. The molecule has 172 valence electrons. The van der Waals surface area contributed by atoms with Crippen LogP contribution in [0.1, 0.15) is 25.6 Å². The molecule has 0 saturated heterocycles. The largest absolute Gasteiger partial charge is 0.288 e. The average Bonchev–Trinajstić information content (AvgIpc) is 3.48. The number of Topliss-reactive ketones (excluding diaryl/α,β-unsaturated/α-hetero) is 2. The Hall–Kier alpha value is -3.69. The van der Waals surface area contributed by atoms with E-state index in [0.717, 1.165) is 33.4 Å². The van der Waals surface area contributed by atoms with Crippen molar-refractivity contribution in [2.24, 2.45) is 0 Å². The number of thiophene rings is 2. The first-order valence-corrected chi connectivity index (χ1v) is 11.8. The van der Waals surface area contributed by atoms with E-state index in [0.29, 0.717) is 25.4 Å². The Morgan fingerprint density at radius 1 is 0.629 bits per heavy atom. The van der Waals surface area contributed by atoms with Gasteiger partial charge in [-0.15, -0.1) is 22.7 Å². The van der Waals surface area contributed by atoms with Gasteiger partial charge in [-0.1, -0.05) is 24.3 Å². The van der Waals surface area contributed by atoms with Gasteiger partial charge in [-0.25, -0.2) is 22.0 Å². The Kier molecular flexibility index (Phi) is 4.77. The molecule has 0 saturated carbocycles. The summed E-state index contributed by atoms with van der Waals surface area (Å²) in [4.78, 5) is 26.3. The average molecular weight is 512 g/mol. The maximum Gasteiger partial charge on any atom is 0.200 e. The van der Waals surface area contributed by atoms with Gasteiger partial charge in [0.15, 0.2) is 34.8 Å². The molecule has 0 spiro atoms. The van der Waals surface area contributed by atoms with Crippen LogP contribution in [0.15, 0.2) is 54.1 Å². The molecule has 0 fully saturated rings. The highest BCUT2D eigenvalue weighted by molar-refractivity contribution is 7.29. The normalized spacial score (nSPS) is 13.3. The summed E-state index contributed by atoms with van der Waals surface area (Å²) in [6.07, 6.45) is 1.46. The smallest absolute Gasteiger partial charge is 0.200 e. The van der Waals surface area contributed by atoms with Crippen LogP contribution in [-0.4, -0.2) is 11.6 Å². The highest BCUT2D eigenvalue weighted by Gasteiger charge is 2.34. The monoisotopic (exact) mass is 512 g/mol. The molecular formula is C26H9F5O2S2. The summed E-state index contributed by atoms with van der Waals surface area (Å²) in [5.74, 6) is -10.8. The number of halogens is 5. The van der Waals surface area contributed by atoms with E-state index in [1.807, 2.05) is 24.3 Å². The van der Waals surface area contributed by atoms with E-state index in [-0.39, 0.29) is 10.5 Å². The minimum Gasteiger partial charge on any atom is -0.288 e. The number of hydrogen-bond acceptors (Lipinski definition) is 4. The molecule has 35 heavy (non-hydrogen) atoms. The Labute approximate surface area is 201 Å². The molecule has 0 atom stereocenters. The summed E-state index contributed by atoms with van der Waals surface area (Å²) in [7, 11) is 0. The summed E-state index contributed by atoms with van der Waals surface area (Å²) in [5.41, 5.74) is -0.332. The fraction of sp³-hybridized carbons (Fsp3) is 0. The van der Waals surface area contributed by atoms with Crippen LogP contribution in [0.2, 0.25) is 0 Å². The van der Waals surface area contributed by atoms with Gasteiger partial charge >= 0.3 is 0 Å². The van der Waals surface area contributed by atoms with Crippen LogP contribution in [0.5, 0.6) is 0 Å². The summed E-state index contributed by atoms with van der Waals surface area (Å²) >= 11 is 1.98. The molecule has 0 amide bonds. The predicted molar refractivity (Wildman–Crippen MR) is 126 cm³/mol. The van der Waals surface area contributed by atoms with Crippen LogP contribution in [0, 0.1) is 29.1 Å². The fourth-order valence-electron chi connectivity index (χ4n) is 4.15. The van der Waals surface area contributed by atoms with Gasteiger partial charge in [-0.05, 0) is 41.1 Å². The number of carbonyl (C=O) groups is 2. The van der Waals surface area contributed by atoms with E-state index < -0.39 is 46.2 Å². The molecule has 0 bridgehead atoms. The maximum atomic E-state index is 14.2. The van der Waals surface area contributed by atoms with E-state index in [2.05, 4.69) is 0 Å². The van der Waals surface area contributed by atoms with Gasteiger partial charge in [0.05, 0.1) is 11.1 Å². The summed E-state index contributed by atoms with van der Waals surface area (Å²) in [6, 6.07) is 13.7. The lowest BCUT2D eigenvalue weighted by molar-refractivity contribution is 0.0990. The third-order valence-electron chi connectivity index (χ3n) is 5.83. The van der Waals surface area contributed by atoms with Crippen molar-refractivity contribution in [3.05, 3.63) is 99.2 Å². The van der Waals surface area contributed by atoms with Gasteiger partial charge < -0.3 is 0 Å². The standard InChI is InChI=1S/C26H9F5O2S2/c27-20-19(21(28)23(30)24(31)22(20)29)18-9-17-16(35-18)8-12(34-17)7-15-25(32)13-5-10-3-1-2-4-11(10)6-14(13)26(15)33/h1-9H. The molecule has 0 N–H and O–H groups in total. The molecule has 1 aliphatic rings. The first-order valence-electron chi connectivity index (χ1n) is 10.1. The molecule has 0 unspecified atom stereocenters. The molecule has 6 rings (SSSR count). The van der Waals surface area contributed by atoms with Crippen LogP contribution in [0.3, 0.4) is 0 Å². The molecular weight excluding hydrogens is 503 g/mol. The predicted octanol–water partition coefficient (Wildman–Crippen LogP) is 7.94. The van der Waals surface area contributed by atoms with Gasteiger partial charge in [-0.2, -0.15) is 0 Å². The van der Waals surface area contributed by atoms with Crippen molar-refractivity contribution >= 4 is 60.5 Å². The lowest BCUT2D eigenvalue weighted by Gasteiger charge is -2.05. The summed E-state index contributed by atoms with van der Waals surface area (Å²) in [6.45, 7) is 0. The van der Waals surface area contributed by atoms with Crippen molar-refractivity contribution in [1.29, 1.82) is 0 Å². The molecule has 2 aromatic heterocycles. The fourth-order valence-corrected chi connectivity index (χ4v) is 6.54. The number of rotatable bonds is 2. The summed E-state index contributed by atoms with van der Waals surface area (Å²) in [5, 5.41) is 1.68. The molecule has 0 aliphatic heterocycles. The van der Waals surface area contributed by atoms with Gasteiger partial charge in [0.25, 0.3) is 0 Å². The first kappa shape index (κ1) is 21.8. The second-order valence-electron chi connectivity index (χ2n) is 7.89. The number of carbonyl (C=O) groups excluding carboxylic acids is 2. The van der Waals surface area contributed by atoms with E-state index in [9.17, 15) is 31.5 Å². The number of allylic oxidation sites excluding steroid dienone is 1. The Bertz CT molecular complexity index is 1680. The lowest BCUT2D eigenvalue weighted by atomic mass is 10.0. The first-order chi connectivity index (χ1) is 16.7. The Balaban J connectivity index is 1.40. The van der Waals surface area contributed by atoms with Crippen LogP contribution >= 0.6 is 22.7 Å². The maximum absolute atomic E-state index is 14.2. The van der Waals surface area contributed by atoms with Gasteiger partial charge in [0, 0.05) is 30.3 Å². The van der Waals surface area contributed by atoms with Crippen molar-refractivity contribution in [3.63, 3.8) is 0 Å². The van der Waals surface area contributed by atoms with E-state index >= 15 is 0 Å². The third-order valence-corrected chi connectivity index (χ3v) is 8.09. The highest BCUT2D eigenvalue weighted by atomic mass is 32.1. The second kappa shape index (κ2) is 7.66. The van der Waals surface area contributed by atoms with Gasteiger partial charge in [0.2, 0.25) is 5.82 Å². The molecule has 3 aromatic carbocycles. The van der Waals surface area contributed by atoms with E-state index in [1.165, 1.54) is 12.1 Å². The molecule has 0 radical (unpaired) electrons. The molecule has 1 aliphatic carbocycles. The quantitative estimate of drug-likeness (QED) is 0.0791. The zero-order chi connectivity index (χ0) is 24.6. The van der Waals surface area contributed by atoms with E-state index in [1.54, 1.807) is 18.2 Å². The zero-order valence-electron chi connectivity index (χ0n) is 17.2. The second-order valence-corrected chi connectivity index (χ2v) is 10.1.